The molecule has 0 saturated carbocycles. The third-order valence-corrected chi connectivity index (χ3v) is 3.57. The van der Waals surface area contributed by atoms with Crippen LogP contribution < -0.4 is 10.6 Å². The third-order valence-electron chi connectivity index (χ3n) is 3.57. The number of hydrogen-bond acceptors (Lipinski definition) is 4. The zero-order valence-corrected chi connectivity index (χ0v) is 13.9. The lowest BCUT2D eigenvalue weighted by Gasteiger charge is -2.25. The third kappa shape index (κ3) is 4.84. The van der Waals surface area contributed by atoms with Gasteiger partial charge in [0.2, 0.25) is 5.89 Å². The van der Waals surface area contributed by atoms with Crippen LogP contribution in [0.1, 0.15) is 32.3 Å². The quantitative estimate of drug-likeness (QED) is 0.752. The average Bonchev–Trinajstić information content (AvgIpc) is 3.01. The molecule has 7 nitrogen and oxygen atoms in total. The van der Waals surface area contributed by atoms with E-state index in [0.29, 0.717) is 18.0 Å². The van der Waals surface area contributed by atoms with Gasteiger partial charge in [0.25, 0.3) is 0 Å². The fourth-order valence-corrected chi connectivity index (χ4v) is 2.24. The van der Waals surface area contributed by atoms with Crippen molar-refractivity contribution in [2.45, 2.75) is 39.2 Å². The Morgan fingerprint density at radius 3 is 2.71 bits per heavy atom. The molecular weight excluding hydrogens is 310 g/mol. The molecule has 2 aromatic rings. The minimum Gasteiger partial charge on any atom is -0.481 e. The van der Waals surface area contributed by atoms with Crippen molar-refractivity contribution < 1.29 is 19.1 Å². The normalized spacial score (nSPS) is 11.1. The van der Waals surface area contributed by atoms with Gasteiger partial charge in [-0.2, -0.15) is 0 Å². The molecule has 0 radical (unpaired) electrons. The van der Waals surface area contributed by atoms with Crippen LogP contribution in [0.4, 0.5) is 10.5 Å². The molecule has 0 spiro atoms. The predicted molar refractivity (Wildman–Crippen MR) is 89.8 cm³/mol. The topological polar surface area (TPSA) is 104 Å². The van der Waals surface area contributed by atoms with Gasteiger partial charge in [-0.05, 0) is 44.9 Å². The number of anilines is 1. The van der Waals surface area contributed by atoms with Crippen LogP contribution in [0.2, 0.25) is 0 Å². The molecule has 1 heterocycles. The summed E-state index contributed by atoms with van der Waals surface area (Å²) in [4.78, 5) is 26.9. The smallest absolute Gasteiger partial charge is 0.319 e. The summed E-state index contributed by atoms with van der Waals surface area (Å²) in [5.74, 6) is -0.405. The summed E-state index contributed by atoms with van der Waals surface area (Å²) in [6.45, 7) is 5.49. The van der Waals surface area contributed by atoms with E-state index in [1.54, 1.807) is 32.2 Å². The first-order chi connectivity index (χ1) is 11.3. The van der Waals surface area contributed by atoms with E-state index in [0.717, 1.165) is 11.1 Å². The van der Waals surface area contributed by atoms with Crippen molar-refractivity contribution in [1.29, 1.82) is 0 Å². The van der Waals surface area contributed by atoms with Gasteiger partial charge in [-0.15, -0.1) is 0 Å². The highest BCUT2D eigenvalue weighted by Gasteiger charge is 2.21. The SMILES string of the molecule is Cc1ccc(NC(=O)NC(C)(C)CCC(=O)O)cc1-c1ncco1. The van der Waals surface area contributed by atoms with Crippen molar-refractivity contribution in [3.05, 3.63) is 36.2 Å². The number of aromatic nitrogens is 1. The average molecular weight is 331 g/mol. The molecule has 0 saturated heterocycles. The second-order valence-electron chi connectivity index (χ2n) is 6.22. The molecule has 0 aliphatic carbocycles. The molecular formula is C17H21N3O4. The summed E-state index contributed by atoms with van der Waals surface area (Å²) in [5.41, 5.74) is 1.74. The molecule has 3 N–H and O–H groups in total. The van der Waals surface area contributed by atoms with Crippen LogP contribution >= 0.6 is 0 Å². The fourth-order valence-electron chi connectivity index (χ4n) is 2.24. The van der Waals surface area contributed by atoms with Crippen molar-refractivity contribution in [3.8, 4) is 11.5 Å². The molecule has 128 valence electrons. The lowest BCUT2D eigenvalue weighted by atomic mass is 9.99. The van der Waals surface area contributed by atoms with Gasteiger partial charge in [-0.1, -0.05) is 6.07 Å². The molecule has 0 aliphatic rings. The van der Waals surface area contributed by atoms with E-state index in [4.69, 9.17) is 9.52 Å². The number of urea groups is 1. The number of carboxylic acids is 1. The highest BCUT2D eigenvalue weighted by Crippen LogP contribution is 2.25. The molecule has 0 fully saturated rings. The summed E-state index contributed by atoms with van der Waals surface area (Å²) in [6.07, 6.45) is 3.39. The number of oxazole rings is 1. The summed E-state index contributed by atoms with van der Waals surface area (Å²) in [7, 11) is 0. The Balaban J connectivity index is 2.04. The summed E-state index contributed by atoms with van der Waals surface area (Å²) < 4.78 is 5.30. The lowest BCUT2D eigenvalue weighted by Crippen LogP contribution is -2.45. The van der Waals surface area contributed by atoms with Crippen LogP contribution in [0, 0.1) is 6.92 Å². The molecule has 2 amide bonds. The number of aliphatic carboxylic acids is 1. The number of amides is 2. The highest BCUT2D eigenvalue weighted by atomic mass is 16.4. The van der Waals surface area contributed by atoms with Crippen molar-refractivity contribution >= 4 is 17.7 Å². The Morgan fingerprint density at radius 1 is 1.33 bits per heavy atom. The summed E-state index contributed by atoms with van der Waals surface area (Å²) in [5, 5.41) is 14.3. The Labute approximate surface area is 140 Å². The Hall–Kier alpha value is -2.83. The first-order valence-electron chi connectivity index (χ1n) is 7.58. The number of benzene rings is 1. The fraction of sp³-hybridized carbons (Fsp3) is 0.353. The molecule has 0 unspecified atom stereocenters. The highest BCUT2D eigenvalue weighted by molar-refractivity contribution is 5.90. The minimum atomic E-state index is -0.889. The number of nitrogens with zero attached hydrogens (tertiary/aromatic N) is 1. The van der Waals surface area contributed by atoms with Crippen LogP contribution in [0.3, 0.4) is 0 Å². The number of carbonyl (C=O) groups is 2. The number of carboxylic acid groups (broad SMARTS) is 1. The van der Waals surface area contributed by atoms with Gasteiger partial charge in [0, 0.05) is 23.2 Å². The van der Waals surface area contributed by atoms with Gasteiger partial charge in [0.15, 0.2) is 0 Å². The Bertz CT molecular complexity index is 723. The first-order valence-corrected chi connectivity index (χ1v) is 7.58. The summed E-state index contributed by atoms with van der Waals surface area (Å²) in [6, 6.07) is 5.04. The van der Waals surface area contributed by atoms with Crippen molar-refractivity contribution in [1.82, 2.24) is 10.3 Å². The zero-order chi connectivity index (χ0) is 17.7. The molecule has 2 rings (SSSR count). The standard InChI is InChI=1S/C17H21N3O4/c1-11-4-5-12(10-13(11)15-18-8-9-24-15)19-16(23)20-17(2,3)7-6-14(21)22/h4-5,8-10H,6-7H2,1-3H3,(H,21,22)(H2,19,20,23). The molecule has 0 bridgehead atoms. The summed E-state index contributed by atoms with van der Waals surface area (Å²) >= 11 is 0. The molecule has 1 aromatic heterocycles. The van der Waals surface area contributed by atoms with Gasteiger partial charge in [-0.25, -0.2) is 9.78 Å². The van der Waals surface area contributed by atoms with E-state index < -0.39 is 17.5 Å². The van der Waals surface area contributed by atoms with Gasteiger partial charge < -0.3 is 20.2 Å². The van der Waals surface area contributed by atoms with Crippen LogP contribution in [0.15, 0.2) is 35.1 Å². The second kappa shape index (κ2) is 7.16. The van der Waals surface area contributed by atoms with Crippen molar-refractivity contribution in [3.63, 3.8) is 0 Å². The maximum atomic E-state index is 12.1. The number of rotatable bonds is 6. The van der Waals surface area contributed by atoms with Gasteiger partial charge in [0.1, 0.15) is 6.26 Å². The van der Waals surface area contributed by atoms with E-state index >= 15 is 0 Å². The number of hydrogen-bond donors (Lipinski definition) is 3. The second-order valence-corrected chi connectivity index (χ2v) is 6.22. The molecule has 0 aliphatic heterocycles. The van der Waals surface area contributed by atoms with Crippen LogP contribution in [0.5, 0.6) is 0 Å². The molecule has 1 aromatic carbocycles. The minimum absolute atomic E-state index is 0.00781. The largest absolute Gasteiger partial charge is 0.481 e. The first kappa shape index (κ1) is 17.5. The molecule has 0 atom stereocenters. The molecule has 7 heteroatoms. The Kier molecular flexibility index (Phi) is 5.23. The van der Waals surface area contributed by atoms with Crippen LogP contribution in [-0.2, 0) is 4.79 Å². The Morgan fingerprint density at radius 2 is 2.08 bits per heavy atom. The van der Waals surface area contributed by atoms with E-state index in [9.17, 15) is 9.59 Å². The van der Waals surface area contributed by atoms with Crippen molar-refractivity contribution in [2.75, 3.05) is 5.32 Å². The predicted octanol–water partition coefficient (Wildman–Crippen LogP) is 3.41. The number of carbonyl (C=O) groups excluding carboxylic acids is 1. The number of aryl methyl sites for hydroxylation is 1. The monoisotopic (exact) mass is 331 g/mol. The zero-order valence-electron chi connectivity index (χ0n) is 13.9. The molecule has 24 heavy (non-hydrogen) atoms. The van der Waals surface area contributed by atoms with Crippen LogP contribution in [0.25, 0.3) is 11.5 Å². The van der Waals surface area contributed by atoms with E-state index in [-0.39, 0.29) is 6.42 Å². The van der Waals surface area contributed by atoms with Crippen molar-refractivity contribution in [2.24, 2.45) is 0 Å². The number of nitrogens with one attached hydrogen (secondary N) is 2. The maximum Gasteiger partial charge on any atom is 0.319 e. The van der Waals surface area contributed by atoms with E-state index in [2.05, 4.69) is 15.6 Å². The van der Waals surface area contributed by atoms with Gasteiger partial charge >= 0.3 is 12.0 Å². The maximum absolute atomic E-state index is 12.1. The van der Waals surface area contributed by atoms with E-state index in [1.807, 2.05) is 13.0 Å². The van der Waals surface area contributed by atoms with Gasteiger partial charge in [-0.3, -0.25) is 4.79 Å². The lowest BCUT2D eigenvalue weighted by molar-refractivity contribution is -0.137. The van der Waals surface area contributed by atoms with Crippen LogP contribution in [-0.4, -0.2) is 27.6 Å². The van der Waals surface area contributed by atoms with E-state index in [1.165, 1.54) is 6.26 Å². The van der Waals surface area contributed by atoms with Gasteiger partial charge in [0.05, 0.1) is 6.20 Å².